The zero-order valence-corrected chi connectivity index (χ0v) is 12.5. The summed E-state index contributed by atoms with van der Waals surface area (Å²) in [7, 11) is 0. The number of furan rings is 1. The minimum absolute atomic E-state index is 0.178. The van der Waals surface area contributed by atoms with Crippen LogP contribution in [0, 0.1) is 0 Å². The van der Waals surface area contributed by atoms with Crippen LogP contribution in [-0.4, -0.2) is 29.6 Å². The molecule has 1 heterocycles. The molecular weight excluding hydrogens is 224 g/mol. The fraction of sp³-hybridized carbons (Fsp3) is 0.733. The average molecular weight is 252 g/mol. The van der Waals surface area contributed by atoms with Crippen LogP contribution in [0.1, 0.15) is 46.8 Å². The third-order valence-corrected chi connectivity index (χ3v) is 3.20. The van der Waals surface area contributed by atoms with Crippen molar-refractivity contribution in [3.63, 3.8) is 0 Å². The van der Waals surface area contributed by atoms with E-state index in [0.29, 0.717) is 6.04 Å². The molecule has 1 aromatic rings. The predicted molar refractivity (Wildman–Crippen MR) is 76.6 cm³/mol. The van der Waals surface area contributed by atoms with Gasteiger partial charge in [-0.2, -0.15) is 0 Å². The quantitative estimate of drug-likeness (QED) is 0.807. The smallest absolute Gasteiger partial charge is 0.117 e. The molecule has 0 saturated heterocycles. The molecule has 1 unspecified atom stereocenters. The molecule has 1 rings (SSSR count). The van der Waals surface area contributed by atoms with Crippen LogP contribution in [0.15, 0.2) is 22.8 Å². The maximum Gasteiger partial charge on any atom is 0.117 e. The molecule has 0 aliphatic heterocycles. The Morgan fingerprint density at radius 1 is 1.33 bits per heavy atom. The van der Waals surface area contributed by atoms with Crippen LogP contribution >= 0.6 is 0 Å². The van der Waals surface area contributed by atoms with E-state index >= 15 is 0 Å². The van der Waals surface area contributed by atoms with E-state index in [2.05, 4.69) is 44.8 Å². The molecule has 18 heavy (non-hydrogen) atoms. The predicted octanol–water partition coefficient (Wildman–Crippen LogP) is 3.27. The number of hydrogen-bond acceptors (Lipinski definition) is 3. The number of hydrogen-bond donors (Lipinski definition) is 1. The summed E-state index contributed by atoms with van der Waals surface area (Å²) in [5.41, 5.74) is 0.178. The van der Waals surface area contributed by atoms with Gasteiger partial charge in [0.1, 0.15) is 5.76 Å². The molecular formula is C15H28N2O. The Hall–Kier alpha value is -0.800. The Labute approximate surface area is 112 Å². The van der Waals surface area contributed by atoms with E-state index in [0.717, 1.165) is 31.8 Å². The largest absolute Gasteiger partial charge is 0.468 e. The minimum atomic E-state index is 0.178. The second kappa shape index (κ2) is 6.95. The molecule has 0 fully saturated rings. The standard InChI is InChI=1S/C15H28N2O/c1-6-13(11-16-15(3,4)5)17(7-2)12-14-9-8-10-18-14/h8-10,13,16H,6-7,11-12H2,1-5H3. The molecule has 1 N–H and O–H groups in total. The van der Waals surface area contributed by atoms with E-state index in [1.54, 1.807) is 6.26 Å². The Balaban J connectivity index is 2.54. The van der Waals surface area contributed by atoms with Crippen molar-refractivity contribution in [2.24, 2.45) is 0 Å². The first-order valence-corrected chi connectivity index (χ1v) is 6.97. The summed E-state index contributed by atoms with van der Waals surface area (Å²) in [5, 5.41) is 3.60. The van der Waals surface area contributed by atoms with E-state index < -0.39 is 0 Å². The Kier molecular flexibility index (Phi) is 5.89. The summed E-state index contributed by atoms with van der Waals surface area (Å²) in [6.07, 6.45) is 2.90. The Morgan fingerprint density at radius 2 is 2.06 bits per heavy atom. The number of nitrogens with one attached hydrogen (secondary N) is 1. The van der Waals surface area contributed by atoms with Gasteiger partial charge in [0, 0.05) is 18.1 Å². The second-order valence-corrected chi connectivity index (χ2v) is 5.84. The van der Waals surface area contributed by atoms with Gasteiger partial charge in [0.25, 0.3) is 0 Å². The lowest BCUT2D eigenvalue weighted by atomic mass is 10.1. The molecule has 3 heteroatoms. The van der Waals surface area contributed by atoms with Crippen molar-refractivity contribution in [1.29, 1.82) is 0 Å². The van der Waals surface area contributed by atoms with Gasteiger partial charge in [0.15, 0.2) is 0 Å². The van der Waals surface area contributed by atoms with Crippen molar-refractivity contribution in [1.82, 2.24) is 10.2 Å². The zero-order chi connectivity index (χ0) is 13.6. The van der Waals surface area contributed by atoms with Crippen LogP contribution < -0.4 is 5.32 Å². The SMILES string of the molecule is CCC(CNC(C)(C)C)N(CC)Cc1ccco1. The van der Waals surface area contributed by atoms with E-state index in [9.17, 15) is 0 Å². The van der Waals surface area contributed by atoms with Crippen LogP contribution in [-0.2, 0) is 6.54 Å². The molecule has 0 saturated carbocycles. The Morgan fingerprint density at radius 3 is 2.50 bits per heavy atom. The molecule has 0 spiro atoms. The summed E-state index contributed by atoms with van der Waals surface area (Å²) in [6.45, 7) is 14.1. The van der Waals surface area contributed by atoms with Gasteiger partial charge in [-0.15, -0.1) is 0 Å². The second-order valence-electron chi connectivity index (χ2n) is 5.84. The molecule has 0 aliphatic carbocycles. The number of likely N-dealkylation sites (N-methyl/N-ethyl adjacent to an activating group) is 1. The van der Waals surface area contributed by atoms with Crippen molar-refractivity contribution in [2.75, 3.05) is 13.1 Å². The third kappa shape index (κ3) is 5.23. The van der Waals surface area contributed by atoms with Crippen LogP contribution in [0.25, 0.3) is 0 Å². The van der Waals surface area contributed by atoms with E-state index in [1.807, 2.05) is 12.1 Å². The monoisotopic (exact) mass is 252 g/mol. The van der Waals surface area contributed by atoms with Crippen molar-refractivity contribution in [3.05, 3.63) is 24.2 Å². The van der Waals surface area contributed by atoms with Gasteiger partial charge in [0.05, 0.1) is 12.8 Å². The average Bonchev–Trinajstić information content (AvgIpc) is 2.79. The summed E-state index contributed by atoms with van der Waals surface area (Å²) < 4.78 is 5.44. The van der Waals surface area contributed by atoms with E-state index in [4.69, 9.17) is 4.42 Å². The van der Waals surface area contributed by atoms with Crippen molar-refractivity contribution in [2.45, 2.75) is 59.2 Å². The first kappa shape index (κ1) is 15.3. The highest BCUT2D eigenvalue weighted by molar-refractivity contribution is 4.98. The van der Waals surface area contributed by atoms with Crippen molar-refractivity contribution < 1.29 is 4.42 Å². The first-order chi connectivity index (χ1) is 8.46. The van der Waals surface area contributed by atoms with Gasteiger partial charge in [-0.05, 0) is 45.9 Å². The highest BCUT2D eigenvalue weighted by Gasteiger charge is 2.19. The zero-order valence-electron chi connectivity index (χ0n) is 12.5. The summed E-state index contributed by atoms with van der Waals surface area (Å²) >= 11 is 0. The number of nitrogens with zero attached hydrogens (tertiary/aromatic N) is 1. The van der Waals surface area contributed by atoms with E-state index in [-0.39, 0.29) is 5.54 Å². The Bertz CT molecular complexity index is 314. The molecule has 0 amide bonds. The highest BCUT2D eigenvalue weighted by atomic mass is 16.3. The van der Waals surface area contributed by atoms with Gasteiger partial charge in [-0.3, -0.25) is 4.90 Å². The van der Waals surface area contributed by atoms with Gasteiger partial charge < -0.3 is 9.73 Å². The van der Waals surface area contributed by atoms with Crippen molar-refractivity contribution in [3.8, 4) is 0 Å². The molecule has 1 atom stereocenters. The topological polar surface area (TPSA) is 28.4 Å². The molecule has 0 bridgehead atoms. The van der Waals surface area contributed by atoms with Crippen molar-refractivity contribution >= 4 is 0 Å². The lowest BCUT2D eigenvalue weighted by molar-refractivity contribution is 0.166. The normalized spacial score (nSPS) is 14.1. The summed E-state index contributed by atoms with van der Waals surface area (Å²) in [6, 6.07) is 4.56. The fourth-order valence-corrected chi connectivity index (χ4v) is 2.06. The van der Waals surface area contributed by atoms with Crippen LogP contribution in [0.4, 0.5) is 0 Å². The molecule has 0 radical (unpaired) electrons. The fourth-order valence-electron chi connectivity index (χ4n) is 2.06. The van der Waals surface area contributed by atoms with Gasteiger partial charge in [-0.25, -0.2) is 0 Å². The third-order valence-electron chi connectivity index (χ3n) is 3.20. The minimum Gasteiger partial charge on any atom is -0.468 e. The van der Waals surface area contributed by atoms with Gasteiger partial charge in [0.2, 0.25) is 0 Å². The van der Waals surface area contributed by atoms with Crippen LogP contribution in [0.5, 0.6) is 0 Å². The number of rotatable bonds is 7. The molecule has 3 nitrogen and oxygen atoms in total. The van der Waals surface area contributed by atoms with E-state index in [1.165, 1.54) is 0 Å². The molecule has 1 aromatic heterocycles. The summed E-state index contributed by atoms with van der Waals surface area (Å²) in [5.74, 6) is 1.05. The van der Waals surface area contributed by atoms with Gasteiger partial charge in [-0.1, -0.05) is 13.8 Å². The maximum absolute atomic E-state index is 5.44. The van der Waals surface area contributed by atoms with Crippen LogP contribution in [0.2, 0.25) is 0 Å². The summed E-state index contributed by atoms with van der Waals surface area (Å²) in [4.78, 5) is 2.47. The lowest BCUT2D eigenvalue weighted by Gasteiger charge is -2.32. The van der Waals surface area contributed by atoms with Gasteiger partial charge >= 0.3 is 0 Å². The molecule has 104 valence electrons. The first-order valence-electron chi connectivity index (χ1n) is 6.97. The molecule has 0 aromatic carbocycles. The van der Waals surface area contributed by atoms with Crippen LogP contribution in [0.3, 0.4) is 0 Å². The molecule has 0 aliphatic rings. The lowest BCUT2D eigenvalue weighted by Crippen LogP contribution is -2.47. The maximum atomic E-state index is 5.44. The highest BCUT2D eigenvalue weighted by Crippen LogP contribution is 2.12.